The first-order valence-corrected chi connectivity index (χ1v) is 10.8. The second-order valence-corrected chi connectivity index (χ2v) is 8.63. The van der Waals surface area contributed by atoms with Crippen molar-refractivity contribution in [2.45, 2.75) is 38.6 Å². The van der Waals surface area contributed by atoms with E-state index in [1.807, 2.05) is 17.0 Å². The third-order valence-corrected chi connectivity index (χ3v) is 6.61. The van der Waals surface area contributed by atoms with E-state index in [9.17, 15) is 4.79 Å². The smallest absolute Gasteiger partial charge is 0.253 e. The zero-order valence-corrected chi connectivity index (χ0v) is 17.5. The summed E-state index contributed by atoms with van der Waals surface area (Å²) in [5.41, 5.74) is 3.20. The zero-order chi connectivity index (χ0) is 20.4. The molecular formula is C23H31N5O. The first-order valence-electron chi connectivity index (χ1n) is 10.8. The number of aromatic amines is 1. The number of piperidine rings is 1. The number of rotatable bonds is 4. The second kappa shape index (κ2) is 8.56. The maximum Gasteiger partial charge on any atom is 0.253 e. The van der Waals surface area contributed by atoms with E-state index in [4.69, 9.17) is 5.26 Å². The Bertz CT molecular complexity index is 896. The molecular weight excluding hydrogens is 362 g/mol. The first-order chi connectivity index (χ1) is 14.1. The lowest BCUT2D eigenvalue weighted by atomic mass is 9.89. The highest BCUT2D eigenvalue weighted by Crippen LogP contribution is 2.33. The molecule has 2 aromatic rings. The monoisotopic (exact) mass is 393 g/mol. The Morgan fingerprint density at radius 2 is 1.90 bits per heavy atom. The first kappa shape index (κ1) is 19.9. The van der Waals surface area contributed by atoms with Crippen LogP contribution >= 0.6 is 0 Å². The molecule has 0 saturated carbocycles. The number of nitriles is 1. The highest BCUT2D eigenvalue weighted by atomic mass is 16.2. The molecule has 6 nitrogen and oxygen atoms in total. The van der Waals surface area contributed by atoms with Gasteiger partial charge in [0.15, 0.2) is 0 Å². The molecule has 2 saturated heterocycles. The normalized spacial score (nSPS) is 19.7. The van der Waals surface area contributed by atoms with Gasteiger partial charge < -0.3 is 9.88 Å². The predicted octanol–water partition coefficient (Wildman–Crippen LogP) is 3.04. The quantitative estimate of drug-likeness (QED) is 0.811. The van der Waals surface area contributed by atoms with Gasteiger partial charge in [-0.2, -0.15) is 5.26 Å². The Morgan fingerprint density at radius 3 is 2.55 bits per heavy atom. The molecule has 1 amide bonds. The standard InChI is InChI=1S/C23H31N5O/c1-17(2)27-11-13-28(14-12-27)23(29)19-3-4-22-20(15-19)21(16-25-22)18-5-8-26(9-6-18)10-7-24/h3-4,15-18,25H,5-6,8-14H2,1-2H3. The largest absolute Gasteiger partial charge is 0.361 e. The van der Waals surface area contributed by atoms with Crippen molar-refractivity contribution in [3.8, 4) is 6.07 Å². The number of nitrogens with one attached hydrogen (secondary N) is 1. The fraction of sp³-hybridized carbons (Fsp3) is 0.565. The maximum atomic E-state index is 13.1. The van der Waals surface area contributed by atoms with Gasteiger partial charge >= 0.3 is 0 Å². The van der Waals surface area contributed by atoms with Crippen LogP contribution in [0.15, 0.2) is 24.4 Å². The van der Waals surface area contributed by atoms with E-state index >= 15 is 0 Å². The molecule has 29 heavy (non-hydrogen) atoms. The van der Waals surface area contributed by atoms with Crippen LogP contribution in [0.1, 0.15) is 48.5 Å². The summed E-state index contributed by atoms with van der Waals surface area (Å²) in [6.45, 7) is 10.4. The summed E-state index contributed by atoms with van der Waals surface area (Å²) >= 11 is 0. The number of piperazine rings is 1. The molecule has 2 aliphatic rings. The van der Waals surface area contributed by atoms with E-state index in [-0.39, 0.29) is 5.91 Å². The van der Waals surface area contributed by atoms with Crippen LogP contribution in [0.2, 0.25) is 0 Å². The second-order valence-electron chi connectivity index (χ2n) is 8.63. The molecule has 2 aliphatic heterocycles. The number of likely N-dealkylation sites (tertiary alicyclic amines) is 1. The van der Waals surface area contributed by atoms with Gasteiger partial charge in [0.25, 0.3) is 5.91 Å². The number of fused-ring (bicyclic) bond motifs is 1. The average Bonchev–Trinajstić information content (AvgIpc) is 3.17. The molecule has 0 spiro atoms. The lowest BCUT2D eigenvalue weighted by Crippen LogP contribution is -2.50. The van der Waals surface area contributed by atoms with E-state index < -0.39 is 0 Å². The van der Waals surface area contributed by atoms with Crippen LogP contribution in [-0.4, -0.2) is 77.4 Å². The summed E-state index contributed by atoms with van der Waals surface area (Å²) in [5.74, 6) is 0.630. The molecule has 154 valence electrons. The molecule has 1 aromatic carbocycles. The fourth-order valence-corrected chi connectivity index (χ4v) is 4.74. The molecule has 0 radical (unpaired) electrons. The number of carbonyl (C=O) groups excluding carboxylic acids is 1. The highest BCUT2D eigenvalue weighted by Gasteiger charge is 2.25. The number of benzene rings is 1. The highest BCUT2D eigenvalue weighted by molar-refractivity contribution is 5.99. The van der Waals surface area contributed by atoms with Crippen LogP contribution in [0.4, 0.5) is 0 Å². The van der Waals surface area contributed by atoms with Crippen LogP contribution in [-0.2, 0) is 0 Å². The Kier molecular flexibility index (Phi) is 5.89. The minimum absolute atomic E-state index is 0.145. The Morgan fingerprint density at radius 1 is 1.17 bits per heavy atom. The van der Waals surface area contributed by atoms with Gasteiger partial charge in [-0.1, -0.05) is 0 Å². The molecule has 4 rings (SSSR count). The van der Waals surface area contributed by atoms with Crippen LogP contribution < -0.4 is 0 Å². The van der Waals surface area contributed by atoms with E-state index in [2.05, 4.69) is 47.0 Å². The van der Waals surface area contributed by atoms with Gasteiger partial charge in [-0.3, -0.25) is 14.6 Å². The van der Waals surface area contributed by atoms with E-state index in [1.165, 1.54) is 10.9 Å². The molecule has 0 bridgehead atoms. The number of hydrogen-bond donors (Lipinski definition) is 1. The van der Waals surface area contributed by atoms with Crippen molar-refractivity contribution in [2.75, 3.05) is 45.8 Å². The van der Waals surface area contributed by atoms with E-state index in [0.717, 1.165) is 63.2 Å². The summed E-state index contributed by atoms with van der Waals surface area (Å²) < 4.78 is 0. The molecule has 3 heterocycles. The van der Waals surface area contributed by atoms with Gasteiger partial charge in [-0.25, -0.2) is 0 Å². The van der Waals surface area contributed by atoms with Crippen LogP contribution in [0.25, 0.3) is 10.9 Å². The minimum atomic E-state index is 0.145. The number of amides is 1. The van der Waals surface area contributed by atoms with Crippen molar-refractivity contribution in [3.05, 3.63) is 35.5 Å². The van der Waals surface area contributed by atoms with Gasteiger partial charge in [0.05, 0.1) is 12.6 Å². The summed E-state index contributed by atoms with van der Waals surface area (Å²) in [5, 5.41) is 10.1. The molecule has 1 aromatic heterocycles. The van der Waals surface area contributed by atoms with Gasteiger partial charge in [0.1, 0.15) is 0 Å². The van der Waals surface area contributed by atoms with Crippen molar-refractivity contribution in [2.24, 2.45) is 0 Å². The van der Waals surface area contributed by atoms with E-state index in [0.29, 0.717) is 18.5 Å². The molecule has 0 aliphatic carbocycles. The van der Waals surface area contributed by atoms with Gasteiger partial charge in [0.2, 0.25) is 0 Å². The lowest BCUT2D eigenvalue weighted by molar-refractivity contribution is 0.0595. The molecule has 0 unspecified atom stereocenters. The number of hydrogen-bond acceptors (Lipinski definition) is 4. The van der Waals surface area contributed by atoms with E-state index in [1.54, 1.807) is 0 Å². The third kappa shape index (κ3) is 4.17. The number of nitrogens with zero attached hydrogens (tertiary/aromatic N) is 4. The Hall–Kier alpha value is -2.36. The molecule has 6 heteroatoms. The summed E-state index contributed by atoms with van der Waals surface area (Å²) in [6, 6.07) is 8.86. The van der Waals surface area contributed by atoms with Crippen molar-refractivity contribution in [1.82, 2.24) is 19.7 Å². The topological polar surface area (TPSA) is 66.4 Å². The Labute approximate surface area is 173 Å². The van der Waals surface area contributed by atoms with Crippen molar-refractivity contribution >= 4 is 16.8 Å². The maximum absolute atomic E-state index is 13.1. The van der Waals surface area contributed by atoms with Crippen LogP contribution in [0.3, 0.4) is 0 Å². The summed E-state index contributed by atoms with van der Waals surface area (Å²) in [7, 11) is 0. The SMILES string of the molecule is CC(C)N1CCN(C(=O)c2ccc3[nH]cc(C4CCN(CC#N)CC4)c3c2)CC1. The third-order valence-electron chi connectivity index (χ3n) is 6.61. The van der Waals surface area contributed by atoms with Crippen LogP contribution in [0.5, 0.6) is 0 Å². The number of aromatic nitrogens is 1. The molecule has 2 fully saturated rings. The Balaban J connectivity index is 1.49. The van der Waals surface area contributed by atoms with Crippen molar-refractivity contribution in [1.29, 1.82) is 5.26 Å². The minimum Gasteiger partial charge on any atom is -0.361 e. The predicted molar refractivity (Wildman–Crippen MR) is 115 cm³/mol. The zero-order valence-electron chi connectivity index (χ0n) is 17.5. The number of H-pyrrole nitrogens is 1. The number of carbonyl (C=O) groups is 1. The van der Waals surface area contributed by atoms with Gasteiger partial charge in [0, 0.05) is 54.9 Å². The van der Waals surface area contributed by atoms with Gasteiger partial charge in [-0.15, -0.1) is 0 Å². The lowest BCUT2D eigenvalue weighted by Gasteiger charge is -2.37. The summed E-state index contributed by atoms with van der Waals surface area (Å²) in [6.07, 6.45) is 4.24. The molecule has 1 N–H and O–H groups in total. The van der Waals surface area contributed by atoms with Gasteiger partial charge in [-0.05, 0) is 69.5 Å². The van der Waals surface area contributed by atoms with Crippen molar-refractivity contribution < 1.29 is 4.79 Å². The average molecular weight is 394 g/mol. The van der Waals surface area contributed by atoms with Crippen LogP contribution in [0, 0.1) is 11.3 Å². The molecule has 0 atom stereocenters. The summed E-state index contributed by atoms with van der Waals surface area (Å²) in [4.78, 5) is 23.1. The fourth-order valence-electron chi connectivity index (χ4n) is 4.74. The van der Waals surface area contributed by atoms with Crippen molar-refractivity contribution in [3.63, 3.8) is 0 Å².